The van der Waals surface area contributed by atoms with Gasteiger partial charge in [-0.3, -0.25) is 5.32 Å². The van der Waals surface area contributed by atoms with Crippen molar-refractivity contribution in [2.24, 2.45) is 0 Å². The van der Waals surface area contributed by atoms with Gasteiger partial charge in [0, 0.05) is 0 Å². The molecule has 0 aliphatic carbocycles. The molecule has 0 radical (unpaired) electrons. The van der Waals surface area contributed by atoms with Gasteiger partial charge in [0.2, 0.25) is 0 Å². The summed E-state index contributed by atoms with van der Waals surface area (Å²) in [7, 11) is 0. The number of ether oxygens (including phenoxy) is 2. The summed E-state index contributed by atoms with van der Waals surface area (Å²) in [6.45, 7) is 5.03. The highest BCUT2D eigenvalue weighted by Gasteiger charge is 2.18. The van der Waals surface area contributed by atoms with Crippen LogP contribution < -0.4 is 5.32 Å². The molecule has 0 aromatic heterocycles. The van der Waals surface area contributed by atoms with E-state index in [0.717, 1.165) is 12.1 Å². The average molecular weight is 304 g/mol. The summed E-state index contributed by atoms with van der Waals surface area (Å²) in [5.74, 6) is -1.41. The van der Waals surface area contributed by atoms with Gasteiger partial charge in [-0.1, -0.05) is 11.6 Å². The van der Waals surface area contributed by atoms with Crippen LogP contribution in [0.4, 0.5) is 14.9 Å². The number of benzene rings is 1. The molecule has 0 saturated carbocycles. The lowest BCUT2D eigenvalue weighted by atomic mass is 10.2. The molecule has 1 rings (SSSR count). The van der Waals surface area contributed by atoms with Crippen LogP contribution in [0.5, 0.6) is 0 Å². The third-order valence-corrected chi connectivity index (χ3v) is 2.13. The summed E-state index contributed by atoms with van der Waals surface area (Å²) in [6, 6.07) is 3.10. The molecule has 110 valence electrons. The van der Waals surface area contributed by atoms with Crippen molar-refractivity contribution in [1.82, 2.24) is 0 Å². The van der Waals surface area contributed by atoms with Gasteiger partial charge in [0.05, 0.1) is 11.3 Å². The Hall–Kier alpha value is -1.82. The maximum atomic E-state index is 13.6. The zero-order chi connectivity index (χ0) is 15.3. The molecule has 20 heavy (non-hydrogen) atoms. The predicted octanol–water partition coefficient (Wildman–Crippen LogP) is 3.53. The number of nitrogens with one attached hydrogen (secondary N) is 1. The van der Waals surface area contributed by atoms with E-state index in [1.165, 1.54) is 6.07 Å². The standard InChI is InChI=1S/C13H15ClFNO4/c1-13(2,3)20-12(18)16-10-6-8(4-5-9(10)15)11(17)19-7-14/h4-6H,7H2,1-3H3,(H,16,18). The summed E-state index contributed by atoms with van der Waals surface area (Å²) < 4.78 is 23.1. The number of halogens is 2. The normalized spacial score (nSPS) is 10.8. The van der Waals surface area contributed by atoms with Gasteiger partial charge >= 0.3 is 12.1 Å². The van der Waals surface area contributed by atoms with Crippen LogP contribution in [0.1, 0.15) is 31.1 Å². The molecular weight excluding hydrogens is 289 g/mol. The molecule has 0 saturated heterocycles. The van der Waals surface area contributed by atoms with Gasteiger partial charge in [-0.2, -0.15) is 0 Å². The Morgan fingerprint density at radius 2 is 2.00 bits per heavy atom. The first-order chi connectivity index (χ1) is 9.23. The lowest BCUT2D eigenvalue weighted by molar-refractivity contribution is 0.0571. The van der Waals surface area contributed by atoms with Gasteiger partial charge in [0.15, 0.2) is 6.07 Å². The molecule has 0 aliphatic heterocycles. The number of esters is 1. The second-order valence-corrected chi connectivity index (χ2v) is 5.08. The van der Waals surface area contributed by atoms with Crippen molar-refractivity contribution in [3.05, 3.63) is 29.6 Å². The van der Waals surface area contributed by atoms with E-state index in [2.05, 4.69) is 10.1 Å². The van der Waals surface area contributed by atoms with Crippen LogP contribution in [-0.4, -0.2) is 23.7 Å². The van der Waals surface area contributed by atoms with Crippen molar-refractivity contribution >= 4 is 29.4 Å². The molecule has 0 unspecified atom stereocenters. The summed E-state index contributed by atoms with van der Waals surface area (Å²) in [5.41, 5.74) is -0.822. The van der Waals surface area contributed by atoms with Crippen molar-refractivity contribution in [2.75, 3.05) is 11.4 Å². The molecule has 1 aromatic carbocycles. The number of carbonyl (C=O) groups is 2. The zero-order valence-corrected chi connectivity index (χ0v) is 12.1. The summed E-state index contributed by atoms with van der Waals surface area (Å²) in [4.78, 5) is 23.0. The molecule has 1 N–H and O–H groups in total. The summed E-state index contributed by atoms with van der Waals surface area (Å²) >= 11 is 5.27. The van der Waals surface area contributed by atoms with Gasteiger partial charge in [-0.05, 0) is 39.0 Å². The molecule has 1 aromatic rings. The molecule has 0 aliphatic rings. The second-order valence-electron chi connectivity index (χ2n) is 4.86. The van der Waals surface area contributed by atoms with Gasteiger partial charge in [0.1, 0.15) is 11.4 Å². The first kappa shape index (κ1) is 16.2. The maximum absolute atomic E-state index is 13.6. The molecule has 0 spiro atoms. The molecule has 0 atom stereocenters. The fraction of sp³-hybridized carbons (Fsp3) is 0.385. The quantitative estimate of drug-likeness (QED) is 0.685. The number of hydrogen-bond acceptors (Lipinski definition) is 4. The minimum Gasteiger partial charge on any atom is -0.446 e. The van der Waals surface area contributed by atoms with E-state index in [1.54, 1.807) is 20.8 Å². The highest BCUT2D eigenvalue weighted by Crippen LogP contribution is 2.18. The average Bonchev–Trinajstić information content (AvgIpc) is 2.29. The Morgan fingerprint density at radius 1 is 1.35 bits per heavy atom. The van der Waals surface area contributed by atoms with E-state index < -0.39 is 23.5 Å². The van der Waals surface area contributed by atoms with E-state index in [-0.39, 0.29) is 17.3 Å². The minimum absolute atomic E-state index is 0.0677. The second kappa shape index (κ2) is 6.56. The summed E-state index contributed by atoms with van der Waals surface area (Å²) in [6.07, 6.45) is -0.820. The lowest BCUT2D eigenvalue weighted by Gasteiger charge is -2.19. The lowest BCUT2D eigenvalue weighted by Crippen LogP contribution is -2.27. The Morgan fingerprint density at radius 3 is 2.55 bits per heavy atom. The SMILES string of the molecule is CC(C)(C)OC(=O)Nc1cc(C(=O)OCCl)ccc1F. The van der Waals surface area contributed by atoms with Crippen LogP contribution in [0, 0.1) is 5.82 Å². The van der Waals surface area contributed by atoms with E-state index in [0.29, 0.717) is 0 Å². The monoisotopic (exact) mass is 303 g/mol. The molecule has 0 heterocycles. The first-order valence-corrected chi connectivity index (χ1v) is 6.29. The van der Waals surface area contributed by atoms with Gasteiger partial charge in [0.25, 0.3) is 0 Å². The number of rotatable bonds is 3. The Balaban J connectivity index is 2.87. The fourth-order valence-electron chi connectivity index (χ4n) is 1.29. The molecule has 1 amide bonds. The Bertz CT molecular complexity index is 514. The first-order valence-electron chi connectivity index (χ1n) is 5.75. The minimum atomic E-state index is -0.820. The Labute approximate surface area is 121 Å². The van der Waals surface area contributed by atoms with E-state index in [4.69, 9.17) is 16.3 Å². The summed E-state index contributed by atoms with van der Waals surface area (Å²) in [5, 5.41) is 2.23. The third kappa shape index (κ3) is 5.05. The highest BCUT2D eigenvalue weighted by atomic mass is 35.5. The third-order valence-electron chi connectivity index (χ3n) is 2.02. The van der Waals surface area contributed by atoms with Gasteiger partial charge in [-0.15, -0.1) is 0 Å². The van der Waals surface area contributed by atoms with Crippen LogP contribution >= 0.6 is 11.6 Å². The number of carbonyl (C=O) groups excluding carboxylic acids is 2. The number of anilines is 1. The fourth-order valence-corrected chi connectivity index (χ4v) is 1.39. The molecule has 5 nitrogen and oxygen atoms in total. The van der Waals surface area contributed by atoms with Gasteiger partial charge < -0.3 is 9.47 Å². The van der Waals surface area contributed by atoms with Crippen molar-refractivity contribution in [1.29, 1.82) is 0 Å². The van der Waals surface area contributed by atoms with E-state index in [9.17, 15) is 14.0 Å². The van der Waals surface area contributed by atoms with Crippen molar-refractivity contribution in [2.45, 2.75) is 26.4 Å². The predicted molar refractivity (Wildman–Crippen MR) is 72.4 cm³/mol. The Kier molecular flexibility index (Phi) is 5.33. The molecular formula is C13H15ClFNO4. The maximum Gasteiger partial charge on any atom is 0.412 e. The molecule has 0 bridgehead atoms. The molecule has 7 heteroatoms. The molecule has 0 fully saturated rings. The smallest absolute Gasteiger partial charge is 0.412 e. The van der Waals surface area contributed by atoms with Crippen LogP contribution in [0.15, 0.2) is 18.2 Å². The topological polar surface area (TPSA) is 64.6 Å². The van der Waals surface area contributed by atoms with Crippen LogP contribution in [0.2, 0.25) is 0 Å². The van der Waals surface area contributed by atoms with Crippen LogP contribution in [0.3, 0.4) is 0 Å². The zero-order valence-electron chi connectivity index (χ0n) is 11.3. The van der Waals surface area contributed by atoms with Gasteiger partial charge in [-0.25, -0.2) is 14.0 Å². The number of amides is 1. The van der Waals surface area contributed by atoms with E-state index in [1.807, 2.05) is 0 Å². The van der Waals surface area contributed by atoms with Crippen LogP contribution in [-0.2, 0) is 9.47 Å². The van der Waals surface area contributed by atoms with E-state index >= 15 is 0 Å². The van der Waals surface area contributed by atoms with Crippen molar-refractivity contribution < 1.29 is 23.5 Å². The largest absolute Gasteiger partial charge is 0.446 e. The van der Waals surface area contributed by atoms with Crippen molar-refractivity contribution in [3.63, 3.8) is 0 Å². The number of alkyl halides is 1. The highest BCUT2D eigenvalue weighted by molar-refractivity contribution is 6.17. The van der Waals surface area contributed by atoms with Crippen LogP contribution in [0.25, 0.3) is 0 Å². The number of hydrogen-bond donors (Lipinski definition) is 1. The van der Waals surface area contributed by atoms with Crippen molar-refractivity contribution in [3.8, 4) is 0 Å².